The molecule has 0 amide bonds. The number of nitrogens with one attached hydrogen (secondary N) is 1. The van der Waals surface area contributed by atoms with Crippen LogP contribution in [-0.4, -0.2) is 36.8 Å². The van der Waals surface area contributed by atoms with Gasteiger partial charge < -0.3 is 14.8 Å². The molecule has 0 aliphatic carbocycles. The van der Waals surface area contributed by atoms with Crippen molar-refractivity contribution in [2.24, 2.45) is 0 Å². The molecule has 3 rings (SSSR count). The van der Waals surface area contributed by atoms with Crippen molar-refractivity contribution >= 4 is 16.9 Å². The van der Waals surface area contributed by atoms with E-state index in [0.717, 1.165) is 11.6 Å². The molecule has 25 heavy (non-hydrogen) atoms. The maximum Gasteiger partial charge on any atom is 0.433 e. The zero-order valence-electron chi connectivity index (χ0n) is 13.7. The van der Waals surface area contributed by atoms with Crippen molar-refractivity contribution < 1.29 is 27.4 Å². The summed E-state index contributed by atoms with van der Waals surface area (Å²) in [6, 6.07) is 5.36. The van der Waals surface area contributed by atoms with Crippen molar-refractivity contribution in [3.8, 4) is 5.75 Å². The number of nitrogens with zero attached hydrogens (tertiary/aromatic N) is 1. The first-order chi connectivity index (χ1) is 11.8. The van der Waals surface area contributed by atoms with Crippen molar-refractivity contribution in [3.05, 3.63) is 35.5 Å². The van der Waals surface area contributed by atoms with Gasteiger partial charge in [-0.05, 0) is 19.1 Å². The first kappa shape index (κ1) is 17.5. The first-order valence-electron chi connectivity index (χ1n) is 7.74. The minimum atomic E-state index is -4.57. The van der Waals surface area contributed by atoms with E-state index >= 15 is 0 Å². The van der Waals surface area contributed by atoms with Gasteiger partial charge >= 0.3 is 12.1 Å². The number of hydrogen-bond acceptors (Lipinski definition) is 5. The molecule has 5 nitrogen and oxygen atoms in total. The number of hydrogen-bond donors (Lipinski definition) is 1. The highest BCUT2D eigenvalue weighted by Gasteiger charge is 2.35. The molecular formula is C17H17F3N2O3. The maximum atomic E-state index is 13.1. The number of pyridine rings is 1. The fourth-order valence-corrected chi connectivity index (χ4v) is 2.85. The zero-order chi connectivity index (χ0) is 18.2. The molecule has 2 heterocycles. The summed E-state index contributed by atoms with van der Waals surface area (Å²) in [7, 11) is 1.28. The second kappa shape index (κ2) is 6.51. The van der Waals surface area contributed by atoms with Gasteiger partial charge in [0, 0.05) is 24.4 Å². The Morgan fingerprint density at radius 1 is 1.32 bits per heavy atom. The number of fused-ring (bicyclic) bond motifs is 1. The van der Waals surface area contributed by atoms with Gasteiger partial charge in [-0.15, -0.1) is 0 Å². The van der Waals surface area contributed by atoms with Gasteiger partial charge in [0.25, 0.3) is 0 Å². The number of carbonyl (C=O) groups excluding carboxylic acids is 1. The van der Waals surface area contributed by atoms with E-state index in [1.54, 1.807) is 12.1 Å². The van der Waals surface area contributed by atoms with Crippen LogP contribution in [-0.2, 0) is 15.7 Å². The van der Waals surface area contributed by atoms with Crippen LogP contribution >= 0.6 is 0 Å². The molecule has 1 saturated heterocycles. The van der Waals surface area contributed by atoms with Gasteiger partial charge in [-0.25, -0.2) is 4.98 Å². The number of ether oxygens (including phenoxy) is 2. The van der Waals surface area contributed by atoms with E-state index in [-0.39, 0.29) is 11.3 Å². The number of halogens is 3. The number of rotatable bonds is 3. The molecule has 0 radical (unpaired) electrons. The Bertz CT molecular complexity index is 808. The molecule has 0 saturated carbocycles. The van der Waals surface area contributed by atoms with E-state index in [0.29, 0.717) is 18.4 Å². The summed E-state index contributed by atoms with van der Waals surface area (Å²) >= 11 is 0. The number of methoxy groups -OCH3 is 1. The maximum absolute atomic E-state index is 13.1. The molecule has 2 aromatic rings. The van der Waals surface area contributed by atoms with Crippen LogP contribution in [0.4, 0.5) is 13.2 Å². The van der Waals surface area contributed by atoms with Gasteiger partial charge in [-0.2, -0.15) is 13.2 Å². The normalized spacial score (nSPS) is 20.7. The molecule has 1 fully saturated rings. The summed E-state index contributed by atoms with van der Waals surface area (Å²) in [5.41, 5.74) is 0.0936. The highest BCUT2D eigenvalue weighted by molar-refractivity contribution is 5.86. The molecular weight excluding hydrogens is 337 g/mol. The minimum absolute atomic E-state index is 0.110. The third kappa shape index (κ3) is 3.68. The molecule has 1 aliphatic heterocycles. The molecule has 2 unspecified atom stereocenters. The third-order valence-corrected chi connectivity index (χ3v) is 4.09. The average molecular weight is 354 g/mol. The van der Waals surface area contributed by atoms with Gasteiger partial charge in [-0.3, -0.25) is 4.79 Å². The summed E-state index contributed by atoms with van der Waals surface area (Å²) in [6.45, 7) is 2.18. The van der Waals surface area contributed by atoms with Crippen LogP contribution in [0.25, 0.3) is 10.9 Å². The third-order valence-electron chi connectivity index (χ3n) is 4.09. The second-order valence-corrected chi connectivity index (χ2v) is 5.98. The number of benzene rings is 1. The summed E-state index contributed by atoms with van der Waals surface area (Å²) in [6.07, 6.45) is -4.68. The molecule has 2 atom stereocenters. The zero-order valence-corrected chi connectivity index (χ0v) is 13.7. The summed E-state index contributed by atoms with van der Waals surface area (Å²) in [5.74, 6) is -0.309. The predicted molar refractivity (Wildman–Crippen MR) is 84.3 cm³/mol. The van der Waals surface area contributed by atoms with Crippen LogP contribution in [0.15, 0.2) is 24.3 Å². The first-order valence-corrected chi connectivity index (χ1v) is 7.74. The predicted octanol–water partition coefficient (Wildman–Crippen LogP) is 2.84. The molecule has 8 heteroatoms. The lowest BCUT2D eigenvalue weighted by molar-refractivity contribution is -0.143. The van der Waals surface area contributed by atoms with E-state index in [1.807, 2.05) is 6.92 Å². The Hall–Kier alpha value is -2.35. The van der Waals surface area contributed by atoms with Crippen molar-refractivity contribution in [2.75, 3.05) is 13.7 Å². The fraction of sp³-hybridized carbons (Fsp3) is 0.412. The summed E-state index contributed by atoms with van der Waals surface area (Å²) in [4.78, 5) is 15.2. The van der Waals surface area contributed by atoms with Gasteiger partial charge in [-0.1, -0.05) is 11.6 Å². The molecule has 0 spiro atoms. The summed E-state index contributed by atoms with van der Waals surface area (Å²) < 4.78 is 49.8. The van der Waals surface area contributed by atoms with Crippen molar-refractivity contribution in [2.45, 2.75) is 31.7 Å². The van der Waals surface area contributed by atoms with Crippen LogP contribution < -0.4 is 10.1 Å². The van der Waals surface area contributed by atoms with Gasteiger partial charge in [0.15, 0.2) is 0 Å². The smallest absolute Gasteiger partial charge is 0.433 e. The molecule has 1 aliphatic rings. The minimum Gasteiger partial charge on any atom is -0.488 e. The van der Waals surface area contributed by atoms with E-state index < -0.39 is 30.0 Å². The highest BCUT2D eigenvalue weighted by atomic mass is 19.4. The fourth-order valence-electron chi connectivity index (χ4n) is 2.85. The van der Waals surface area contributed by atoms with E-state index in [4.69, 9.17) is 4.74 Å². The Kier molecular flexibility index (Phi) is 4.55. The van der Waals surface area contributed by atoms with Crippen LogP contribution in [0.1, 0.15) is 17.7 Å². The van der Waals surface area contributed by atoms with Gasteiger partial charge in [0.1, 0.15) is 23.6 Å². The van der Waals surface area contributed by atoms with Gasteiger partial charge in [0.2, 0.25) is 0 Å². The lowest BCUT2D eigenvalue weighted by Gasteiger charge is -2.17. The standard InChI is InChI=1S/C17H17F3N2O3/c1-9-3-4-12-11(5-9)14(7-15(22-12)17(18,19)20)25-10-6-13(21-8-10)16(23)24-2/h3-5,7,10,13,21H,6,8H2,1-2H3. The average Bonchev–Trinajstić information content (AvgIpc) is 3.02. The Morgan fingerprint density at radius 3 is 2.76 bits per heavy atom. The van der Waals surface area contributed by atoms with E-state index in [9.17, 15) is 18.0 Å². The summed E-state index contributed by atoms with van der Waals surface area (Å²) in [5, 5.41) is 3.45. The Balaban J connectivity index is 1.94. The monoisotopic (exact) mass is 354 g/mol. The van der Waals surface area contributed by atoms with Gasteiger partial charge in [0.05, 0.1) is 12.6 Å². The Morgan fingerprint density at radius 2 is 2.08 bits per heavy atom. The lowest BCUT2D eigenvalue weighted by Crippen LogP contribution is -2.31. The SMILES string of the molecule is COC(=O)C1CC(Oc2cc(C(F)(F)F)nc3ccc(C)cc23)CN1. The number of alkyl halides is 3. The number of aryl methyl sites for hydroxylation is 1. The molecule has 1 N–H and O–H groups in total. The van der Waals surface area contributed by atoms with Crippen LogP contribution in [0.5, 0.6) is 5.75 Å². The topological polar surface area (TPSA) is 60.5 Å². The molecule has 1 aromatic carbocycles. The second-order valence-electron chi connectivity index (χ2n) is 5.98. The number of esters is 1. The lowest BCUT2D eigenvalue weighted by atomic mass is 10.1. The highest BCUT2D eigenvalue weighted by Crippen LogP contribution is 2.35. The van der Waals surface area contributed by atoms with E-state index in [1.165, 1.54) is 13.2 Å². The molecule has 1 aromatic heterocycles. The largest absolute Gasteiger partial charge is 0.488 e. The Labute approximate surface area is 142 Å². The van der Waals surface area contributed by atoms with Crippen molar-refractivity contribution in [3.63, 3.8) is 0 Å². The molecule has 134 valence electrons. The number of aromatic nitrogens is 1. The van der Waals surface area contributed by atoms with Crippen molar-refractivity contribution in [1.82, 2.24) is 10.3 Å². The van der Waals surface area contributed by atoms with Crippen molar-refractivity contribution in [1.29, 1.82) is 0 Å². The van der Waals surface area contributed by atoms with E-state index in [2.05, 4.69) is 15.0 Å². The quantitative estimate of drug-likeness (QED) is 0.859. The van der Waals surface area contributed by atoms with Crippen LogP contribution in [0.3, 0.4) is 0 Å². The van der Waals surface area contributed by atoms with Crippen LogP contribution in [0, 0.1) is 6.92 Å². The van der Waals surface area contributed by atoms with Crippen LogP contribution in [0.2, 0.25) is 0 Å². The number of carbonyl (C=O) groups is 1. The molecule has 0 bridgehead atoms.